The van der Waals surface area contributed by atoms with E-state index in [1.165, 1.54) is 205 Å². The normalized spacial score (nSPS) is 25.2. The van der Waals surface area contributed by atoms with Gasteiger partial charge in [0.15, 0.2) is 12.6 Å². The van der Waals surface area contributed by atoms with Crippen LogP contribution in [0, 0.1) is 0 Å². The second kappa shape index (κ2) is 46.6. The molecule has 0 radical (unpaired) electrons. The average molecular weight is 1060 g/mol. The largest absolute Gasteiger partial charge is 0.394 e. The third-order valence-electron chi connectivity index (χ3n) is 15.5. The number of nitrogens with one attached hydrogen (secondary N) is 1. The van der Waals surface area contributed by atoms with Gasteiger partial charge in [0.2, 0.25) is 5.91 Å². The maximum absolute atomic E-state index is 13.2. The molecule has 14 nitrogen and oxygen atoms in total. The minimum atomic E-state index is -1.79. The Hall–Kier alpha value is -1.27. The molecule has 0 aromatic carbocycles. The Balaban J connectivity index is 1.71. The van der Waals surface area contributed by atoms with E-state index in [0.29, 0.717) is 6.42 Å². The molecule has 9 N–H and O–H groups in total. The number of allylic oxidation sites excluding steroid dienone is 1. The van der Waals surface area contributed by atoms with Crippen molar-refractivity contribution in [2.24, 2.45) is 0 Å². The number of aliphatic hydroxyl groups is 8. The van der Waals surface area contributed by atoms with Gasteiger partial charge in [-0.25, -0.2) is 0 Å². The van der Waals surface area contributed by atoms with Gasteiger partial charge in [0, 0.05) is 6.42 Å². The van der Waals surface area contributed by atoms with Gasteiger partial charge in [-0.3, -0.25) is 4.79 Å². The van der Waals surface area contributed by atoms with Crippen LogP contribution in [0.4, 0.5) is 0 Å². The first-order valence-corrected chi connectivity index (χ1v) is 30.9. The highest BCUT2D eigenvalue weighted by atomic mass is 16.7. The van der Waals surface area contributed by atoms with Crippen LogP contribution >= 0.6 is 0 Å². The number of aliphatic hydroxyl groups excluding tert-OH is 8. The molecule has 2 saturated heterocycles. The first-order valence-electron chi connectivity index (χ1n) is 30.9. The van der Waals surface area contributed by atoms with Crippen molar-refractivity contribution >= 4 is 5.91 Å². The number of carbonyl (C=O) groups is 1. The molecule has 0 aromatic rings. The first kappa shape index (κ1) is 68.8. The summed E-state index contributed by atoms with van der Waals surface area (Å²) in [7, 11) is 0. The quantitative estimate of drug-likeness (QED) is 0.0204. The van der Waals surface area contributed by atoms with Gasteiger partial charge in [-0.05, 0) is 19.3 Å². The van der Waals surface area contributed by atoms with Gasteiger partial charge in [-0.15, -0.1) is 0 Å². The van der Waals surface area contributed by atoms with Gasteiger partial charge in [0.05, 0.1) is 32.0 Å². The molecule has 438 valence electrons. The Bertz CT molecular complexity index is 1290. The van der Waals surface area contributed by atoms with Gasteiger partial charge in [0.1, 0.15) is 48.8 Å². The first-order chi connectivity index (χ1) is 36.1. The minimum Gasteiger partial charge on any atom is -0.394 e. The summed E-state index contributed by atoms with van der Waals surface area (Å²) in [5.41, 5.74) is 0. The number of carbonyl (C=O) groups excluding carboxylic acids is 1. The van der Waals surface area contributed by atoms with E-state index in [4.69, 9.17) is 18.9 Å². The third-order valence-corrected chi connectivity index (χ3v) is 15.5. The van der Waals surface area contributed by atoms with E-state index < -0.39 is 86.8 Å². The molecular formula is C60H115NO13. The number of amides is 1. The predicted molar refractivity (Wildman–Crippen MR) is 295 cm³/mol. The monoisotopic (exact) mass is 1060 g/mol. The van der Waals surface area contributed by atoms with Crippen molar-refractivity contribution in [1.82, 2.24) is 5.32 Å². The predicted octanol–water partition coefficient (Wildman–Crippen LogP) is 10.7. The summed E-state index contributed by atoms with van der Waals surface area (Å²) in [6, 6.07) is -0.909. The number of hydrogen-bond acceptors (Lipinski definition) is 13. The van der Waals surface area contributed by atoms with Crippen molar-refractivity contribution in [3.05, 3.63) is 12.2 Å². The Morgan fingerprint density at radius 3 is 1.24 bits per heavy atom. The fourth-order valence-corrected chi connectivity index (χ4v) is 10.5. The molecule has 14 heteroatoms. The summed E-state index contributed by atoms with van der Waals surface area (Å²) in [6.45, 7) is 2.82. The second-order valence-electron chi connectivity index (χ2n) is 22.2. The van der Waals surface area contributed by atoms with Crippen LogP contribution in [-0.2, 0) is 23.7 Å². The van der Waals surface area contributed by atoms with E-state index in [1.54, 1.807) is 6.08 Å². The molecule has 0 bridgehead atoms. The van der Waals surface area contributed by atoms with Crippen molar-refractivity contribution < 1.29 is 64.6 Å². The van der Waals surface area contributed by atoms with Gasteiger partial charge >= 0.3 is 0 Å². The summed E-state index contributed by atoms with van der Waals surface area (Å²) in [6.07, 6.45) is 36.9. The van der Waals surface area contributed by atoms with Gasteiger partial charge < -0.3 is 65.1 Å². The van der Waals surface area contributed by atoms with Crippen LogP contribution in [0.25, 0.3) is 0 Å². The molecule has 0 spiro atoms. The SMILES string of the molecule is CCCCCCCCCCCCCCCCCCCCCCCCCCC/C=C/C(O)C(COC1OC(CO)C(OC2OC(CO)C(O)C(O)C2O)C(O)C1O)NC(=O)CCCCCCCCCCCCCCC. The highest BCUT2D eigenvalue weighted by molar-refractivity contribution is 5.76. The van der Waals surface area contributed by atoms with E-state index in [0.717, 1.165) is 38.5 Å². The van der Waals surface area contributed by atoms with E-state index in [-0.39, 0.29) is 18.9 Å². The molecule has 2 fully saturated rings. The fourth-order valence-electron chi connectivity index (χ4n) is 10.5. The van der Waals surface area contributed by atoms with Crippen LogP contribution in [0.1, 0.15) is 271 Å². The zero-order valence-corrected chi connectivity index (χ0v) is 47.1. The molecular weight excluding hydrogens is 943 g/mol. The lowest BCUT2D eigenvalue weighted by Crippen LogP contribution is -2.65. The third kappa shape index (κ3) is 32.0. The molecule has 12 atom stereocenters. The average Bonchev–Trinajstić information content (AvgIpc) is 3.40. The van der Waals surface area contributed by atoms with Crippen molar-refractivity contribution in [1.29, 1.82) is 0 Å². The molecule has 2 aliphatic heterocycles. The van der Waals surface area contributed by atoms with E-state index >= 15 is 0 Å². The lowest BCUT2D eigenvalue weighted by molar-refractivity contribution is -0.359. The zero-order valence-electron chi connectivity index (χ0n) is 47.1. The Labute approximate surface area is 450 Å². The Kier molecular flexibility index (Phi) is 43.4. The minimum absolute atomic E-state index is 0.235. The molecule has 0 saturated carbocycles. The Morgan fingerprint density at radius 1 is 0.473 bits per heavy atom. The smallest absolute Gasteiger partial charge is 0.220 e. The van der Waals surface area contributed by atoms with Crippen molar-refractivity contribution in [2.75, 3.05) is 19.8 Å². The molecule has 12 unspecified atom stereocenters. The van der Waals surface area contributed by atoms with E-state index in [2.05, 4.69) is 19.2 Å². The molecule has 0 aliphatic carbocycles. The zero-order chi connectivity index (χ0) is 53.9. The lowest BCUT2D eigenvalue weighted by Gasteiger charge is -2.46. The number of rotatable bonds is 50. The molecule has 2 heterocycles. The molecule has 2 rings (SSSR count). The number of ether oxygens (including phenoxy) is 4. The summed E-state index contributed by atoms with van der Waals surface area (Å²) in [4.78, 5) is 13.2. The Morgan fingerprint density at radius 2 is 0.838 bits per heavy atom. The van der Waals surface area contributed by atoms with Crippen LogP contribution in [0.3, 0.4) is 0 Å². The van der Waals surface area contributed by atoms with Gasteiger partial charge in [-0.2, -0.15) is 0 Å². The van der Waals surface area contributed by atoms with Crippen molar-refractivity contribution in [3.8, 4) is 0 Å². The van der Waals surface area contributed by atoms with Gasteiger partial charge in [-0.1, -0.05) is 257 Å². The van der Waals surface area contributed by atoms with Crippen LogP contribution in [0.5, 0.6) is 0 Å². The van der Waals surface area contributed by atoms with Crippen LogP contribution in [0.2, 0.25) is 0 Å². The summed E-state index contributed by atoms with van der Waals surface area (Å²) >= 11 is 0. The highest BCUT2D eigenvalue weighted by Crippen LogP contribution is 2.30. The number of unbranched alkanes of at least 4 members (excludes halogenated alkanes) is 37. The van der Waals surface area contributed by atoms with E-state index in [9.17, 15) is 45.6 Å². The summed E-state index contributed by atoms with van der Waals surface area (Å²) in [5.74, 6) is -0.235. The standard InChI is InChI=1S/C60H115NO13/c1-3-5-7-9-11-13-15-17-18-19-20-21-22-23-24-25-26-27-28-29-30-32-33-35-37-39-41-43-49(64)48(61-52(65)44-42-40-38-36-34-31-16-14-12-10-8-6-4-2)47-71-59-57(70)55(68)58(51(46-63)73-59)74-60-56(69)54(67)53(66)50(45-62)72-60/h41,43,48-51,53-60,62-64,66-70H,3-40,42,44-47H2,1-2H3,(H,61,65)/b43-41+. The van der Waals surface area contributed by atoms with Crippen molar-refractivity contribution in [2.45, 2.75) is 344 Å². The molecule has 2 aliphatic rings. The van der Waals surface area contributed by atoms with Crippen LogP contribution in [0.15, 0.2) is 12.2 Å². The summed E-state index contributed by atoms with van der Waals surface area (Å²) in [5, 5.41) is 87.1. The van der Waals surface area contributed by atoms with Gasteiger partial charge in [0.25, 0.3) is 0 Å². The maximum atomic E-state index is 13.2. The number of hydrogen-bond donors (Lipinski definition) is 9. The molecule has 74 heavy (non-hydrogen) atoms. The topological polar surface area (TPSA) is 228 Å². The maximum Gasteiger partial charge on any atom is 0.220 e. The molecule has 1 amide bonds. The molecule has 0 aromatic heterocycles. The highest BCUT2D eigenvalue weighted by Gasteiger charge is 2.51. The second-order valence-corrected chi connectivity index (χ2v) is 22.2. The summed E-state index contributed by atoms with van der Waals surface area (Å²) < 4.78 is 22.8. The van der Waals surface area contributed by atoms with Crippen LogP contribution < -0.4 is 5.32 Å². The van der Waals surface area contributed by atoms with E-state index in [1.807, 2.05) is 6.08 Å². The fraction of sp³-hybridized carbons (Fsp3) is 0.950. The van der Waals surface area contributed by atoms with Crippen LogP contribution in [-0.4, -0.2) is 140 Å². The lowest BCUT2D eigenvalue weighted by atomic mass is 9.97. The van der Waals surface area contributed by atoms with Crippen molar-refractivity contribution in [3.63, 3.8) is 0 Å².